The zero-order valence-electron chi connectivity index (χ0n) is 30.4. The van der Waals surface area contributed by atoms with Crippen molar-refractivity contribution in [3.05, 3.63) is 105 Å². The highest BCUT2D eigenvalue weighted by Gasteiger charge is 2.34. The molecule has 0 spiro atoms. The van der Waals surface area contributed by atoms with Gasteiger partial charge in [0, 0.05) is 36.8 Å². The summed E-state index contributed by atoms with van der Waals surface area (Å²) < 4.78 is 54.6. The van der Waals surface area contributed by atoms with Gasteiger partial charge in [-0.05, 0) is 103 Å². The number of hydrogen-bond donors (Lipinski definition) is 3. The Bertz CT molecular complexity index is 2270. The molecule has 5 aromatic rings. The molecule has 0 saturated carbocycles. The molecule has 1 aliphatic rings. The highest BCUT2D eigenvalue weighted by Crippen LogP contribution is 2.39. The summed E-state index contributed by atoms with van der Waals surface area (Å²) in [6.45, 7) is 7.14. The molecule has 4 aromatic carbocycles. The number of hydrogen-bond acceptors (Lipinski definition) is 8. The lowest BCUT2D eigenvalue weighted by atomic mass is 9.91. The predicted octanol–water partition coefficient (Wildman–Crippen LogP) is 8.23. The number of fused-ring (bicyclic) bond motifs is 1. The van der Waals surface area contributed by atoms with E-state index in [0.29, 0.717) is 59.9 Å². The van der Waals surface area contributed by atoms with Crippen LogP contribution in [0, 0.1) is 31.1 Å². The fourth-order valence-corrected chi connectivity index (χ4v) is 6.98. The number of halogens is 3. The number of carboxylic acids is 1. The highest BCUT2D eigenvalue weighted by atomic mass is 19.4. The maximum absolute atomic E-state index is 14.3. The maximum Gasteiger partial charge on any atom is 0.417 e. The molecular formula is C42H41F3N4O5. The van der Waals surface area contributed by atoms with Gasteiger partial charge in [0.1, 0.15) is 17.3 Å². The number of aliphatic hydroxyl groups is 1. The Morgan fingerprint density at radius 3 is 2.46 bits per heavy atom. The summed E-state index contributed by atoms with van der Waals surface area (Å²) in [6, 6.07) is 19.4. The van der Waals surface area contributed by atoms with Gasteiger partial charge in [0.25, 0.3) is 0 Å². The number of benzene rings is 4. The zero-order valence-corrected chi connectivity index (χ0v) is 30.4. The van der Waals surface area contributed by atoms with Gasteiger partial charge in [-0.3, -0.25) is 9.69 Å². The molecule has 1 aromatic heterocycles. The molecule has 6 rings (SSSR count). The van der Waals surface area contributed by atoms with Crippen LogP contribution in [0.25, 0.3) is 45.8 Å². The van der Waals surface area contributed by atoms with Crippen LogP contribution in [0.1, 0.15) is 57.9 Å². The number of nitrogens with zero attached hydrogens (tertiary/aromatic N) is 3. The third-order valence-corrected chi connectivity index (χ3v) is 10.0. The van der Waals surface area contributed by atoms with Crippen LogP contribution >= 0.6 is 0 Å². The Hall–Kier alpha value is -5.48. The molecule has 1 aliphatic heterocycles. The summed E-state index contributed by atoms with van der Waals surface area (Å²) in [5.41, 5.74) is 6.52. The van der Waals surface area contributed by atoms with Gasteiger partial charge in [-0.2, -0.15) is 18.4 Å². The monoisotopic (exact) mass is 738 g/mol. The molecule has 1 saturated heterocycles. The smallest absolute Gasteiger partial charge is 0.417 e. The number of alkyl halides is 3. The first-order valence-electron chi connectivity index (χ1n) is 17.6. The van der Waals surface area contributed by atoms with Crippen molar-refractivity contribution >= 4 is 29.2 Å². The minimum atomic E-state index is -4.61. The normalized spacial score (nSPS) is 15.6. The lowest BCUT2D eigenvalue weighted by Gasteiger charge is -2.18. The van der Waals surface area contributed by atoms with E-state index in [-0.39, 0.29) is 24.8 Å². The molecule has 54 heavy (non-hydrogen) atoms. The second kappa shape index (κ2) is 15.9. The van der Waals surface area contributed by atoms with Crippen molar-refractivity contribution in [2.75, 3.05) is 26.8 Å². The molecule has 280 valence electrons. The van der Waals surface area contributed by atoms with E-state index in [1.165, 1.54) is 19.3 Å². The van der Waals surface area contributed by atoms with E-state index in [1.54, 1.807) is 19.1 Å². The quantitative estimate of drug-likeness (QED) is 0.108. The van der Waals surface area contributed by atoms with Gasteiger partial charge < -0.3 is 24.7 Å². The number of rotatable bonds is 12. The van der Waals surface area contributed by atoms with Crippen LogP contribution in [-0.4, -0.2) is 58.9 Å². The summed E-state index contributed by atoms with van der Waals surface area (Å²) >= 11 is 0. The van der Waals surface area contributed by atoms with Crippen LogP contribution in [0.2, 0.25) is 0 Å². The Labute approximate surface area is 311 Å². The first kappa shape index (κ1) is 38.3. The SMILES string of the molecule is COc1cc(/C=C/c2cccc(-c3cccc(-c4nc5cc(CN6CCC(C(=O)O)C6)cc(C#N)c5o4)c3C)c2C)c(C(F)(F)F)cc1CNC(C)CO. The number of nitriles is 1. The average molecular weight is 739 g/mol. The molecule has 0 amide bonds. The molecular weight excluding hydrogens is 697 g/mol. The predicted molar refractivity (Wildman–Crippen MR) is 200 cm³/mol. The minimum Gasteiger partial charge on any atom is -0.496 e. The van der Waals surface area contributed by atoms with Gasteiger partial charge in [0.05, 0.1) is 30.8 Å². The highest BCUT2D eigenvalue weighted by molar-refractivity contribution is 5.85. The summed E-state index contributed by atoms with van der Waals surface area (Å²) in [4.78, 5) is 18.3. The Morgan fingerprint density at radius 1 is 1.09 bits per heavy atom. The van der Waals surface area contributed by atoms with Crippen molar-refractivity contribution in [3.8, 4) is 34.4 Å². The zero-order chi connectivity index (χ0) is 38.7. The minimum absolute atomic E-state index is 0.0398. The molecule has 2 heterocycles. The largest absolute Gasteiger partial charge is 0.496 e. The van der Waals surface area contributed by atoms with Gasteiger partial charge in [-0.1, -0.05) is 42.5 Å². The molecule has 1 fully saturated rings. The van der Waals surface area contributed by atoms with E-state index in [2.05, 4.69) is 16.3 Å². The standard InChI is InChI=1S/C42H41F3N4O5/c1-24(23-50)47-20-32-17-36(42(43,44)45)29(18-38(32)53-4)12-11-28-7-5-8-33(25(28)2)34-9-6-10-35(26(34)3)40-48-37-16-27(15-31(19-46)39(37)54-40)21-49-14-13-30(22-49)41(51)52/h5-12,15-18,24,30,47,50H,13-14,20-23H2,1-4H3,(H,51,52)/b12-11+. The average Bonchev–Trinajstić information content (AvgIpc) is 3.80. The lowest BCUT2D eigenvalue weighted by molar-refractivity contribution is -0.141. The maximum atomic E-state index is 14.3. The molecule has 0 aliphatic carbocycles. The van der Waals surface area contributed by atoms with Gasteiger partial charge in [0.15, 0.2) is 5.58 Å². The lowest BCUT2D eigenvalue weighted by Crippen LogP contribution is -2.29. The number of carboxylic acid groups (broad SMARTS) is 1. The van der Waals surface area contributed by atoms with Crippen LogP contribution < -0.4 is 10.1 Å². The van der Waals surface area contributed by atoms with Gasteiger partial charge in [-0.15, -0.1) is 0 Å². The van der Waals surface area contributed by atoms with Crippen molar-refractivity contribution < 1.29 is 37.3 Å². The molecule has 2 atom stereocenters. The number of nitrogens with one attached hydrogen (secondary N) is 1. The van der Waals surface area contributed by atoms with E-state index in [0.717, 1.165) is 45.0 Å². The van der Waals surface area contributed by atoms with E-state index >= 15 is 0 Å². The molecule has 3 N–H and O–H groups in total. The van der Waals surface area contributed by atoms with Crippen molar-refractivity contribution in [1.82, 2.24) is 15.2 Å². The Balaban J connectivity index is 1.31. The molecule has 12 heteroatoms. The van der Waals surface area contributed by atoms with Crippen LogP contribution in [-0.2, 0) is 24.1 Å². The second-order valence-corrected chi connectivity index (χ2v) is 13.7. The topological polar surface area (TPSA) is 132 Å². The number of aliphatic hydroxyl groups excluding tert-OH is 1. The van der Waals surface area contributed by atoms with Gasteiger partial charge >= 0.3 is 12.1 Å². The molecule has 2 unspecified atom stereocenters. The van der Waals surface area contributed by atoms with Crippen LogP contribution in [0.5, 0.6) is 5.75 Å². The fraction of sp³-hybridized carbons (Fsp3) is 0.310. The third-order valence-electron chi connectivity index (χ3n) is 10.0. The van der Waals surface area contributed by atoms with Gasteiger partial charge in [-0.25, -0.2) is 4.98 Å². The number of likely N-dealkylation sites (tertiary alicyclic amines) is 1. The van der Waals surface area contributed by atoms with Crippen molar-refractivity contribution in [2.45, 2.75) is 52.5 Å². The second-order valence-electron chi connectivity index (χ2n) is 13.7. The van der Waals surface area contributed by atoms with Crippen molar-refractivity contribution in [3.63, 3.8) is 0 Å². The number of carbonyl (C=O) groups is 1. The van der Waals surface area contributed by atoms with E-state index in [9.17, 15) is 33.4 Å². The molecule has 9 nitrogen and oxygen atoms in total. The Kier molecular flexibility index (Phi) is 11.2. The number of aromatic nitrogens is 1. The van der Waals surface area contributed by atoms with Crippen LogP contribution in [0.3, 0.4) is 0 Å². The number of oxazole rings is 1. The summed E-state index contributed by atoms with van der Waals surface area (Å²) in [7, 11) is 1.41. The van der Waals surface area contributed by atoms with Gasteiger partial charge in [0.2, 0.25) is 5.89 Å². The van der Waals surface area contributed by atoms with Crippen LogP contribution in [0.15, 0.2) is 65.1 Å². The molecule has 0 bridgehead atoms. The summed E-state index contributed by atoms with van der Waals surface area (Å²) in [5.74, 6) is -0.561. The summed E-state index contributed by atoms with van der Waals surface area (Å²) in [5, 5.41) is 31.7. The van der Waals surface area contributed by atoms with Crippen LogP contribution in [0.4, 0.5) is 13.2 Å². The van der Waals surface area contributed by atoms with E-state index < -0.39 is 23.6 Å². The first-order chi connectivity index (χ1) is 25.8. The summed E-state index contributed by atoms with van der Waals surface area (Å²) in [6.07, 6.45) is -0.920. The van der Waals surface area contributed by atoms with E-state index in [4.69, 9.17) is 14.1 Å². The number of methoxy groups -OCH3 is 1. The third kappa shape index (κ3) is 8.04. The first-order valence-corrected chi connectivity index (χ1v) is 17.6. The van der Waals surface area contributed by atoms with Crippen molar-refractivity contribution in [2.24, 2.45) is 5.92 Å². The number of ether oxygens (including phenoxy) is 1. The number of aliphatic carboxylic acids is 1. The fourth-order valence-electron chi connectivity index (χ4n) is 6.98. The molecule has 0 radical (unpaired) electrons. The van der Waals surface area contributed by atoms with Crippen molar-refractivity contribution in [1.29, 1.82) is 5.26 Å². The Morgan fingerprint density at radius 2 is 1.80 bits per heavy atom. The van der Waals surface area contributed by atoms with E-state index in [1.807, 2.05) is 56.3 Å².